The Morgan fingerprint density at radius 2 is 1.77 bits per heavy atom. The first-order valence-electron chi connectivity index (χ1n) is 3.58. The lowest BCUT2D eigenvalue weighted by Gasteiger charge is -2.11. The first-order chi connectivity index (χ1) is 5.82. The van der Waals surface area contributed by atoms with E-state index in [2.05, 4.69) is 6.07 Å². The second-order valence-electron chi connectivity index (χ2n) is 2.78. The lowest BCUT2D eigenvalue weighted by molar-refractivity contribution is -0.138. The fourth-order valence-electron chi connectivity index (χ4n) is 1.05. The summed E-state index contributed by atoms with van der Waals surface area (Å²) in [5.74, 6) is 0. The van der Waals surface area contributed by atoms with E-state index in [1.165, 1.54) is 6.92 Å². The van der Waals surface area contributed by atoms with Gasteiger partial charge < -0.3 is 0 Å². The Morgan fingerprint density at radius 3 is 2.23 bits per heavy atom. The normalized spacial score (nSPS) is 11.8. The number of hydrogen-bond donors (Lipinski definition) is 0. The van der Waals surface area contributed by atoms with Gasteiger partial charge >= 0.3 is 6.18 Å². The molecular formula is C9H7ClF3. The molecule has 0 atom stereocenters. The van der Waals surface area contributed by atoms with Crippen molar-refractivity contribution >= 4 is 11.6 Å². The fourth-order valence-corrected chi connectivity index (χ4v) is 1.20. The quantitative estimate of drug-likeness (QED) is 0.608. The summed E-state index contributed by atoms with van der Waals surface area (Å²) in [6, 6.07) is 3.49. The van der Waals surface area contributed by atoms with E-state index >= 15 is 0 Å². The van der Waals surface area contributed by atoms with E-state index in [9.17, 15) is 13.2 Å². The van der Waals surface area contributed by atoms with Gasteiger partial charge in [0, 0.05) is 5.02 Å². The minimum atomic E-state index is -4.35. The number of alkyl halides is 3. The summed E-state index contributed by atoms with van der Waals surface area (Å²) < 4.78 is 36.8. The van der Waals surface area contributed by atoms with Crippen LogP contribution in [-0.4, -0.2) is 0 Å². The predicted octanol–water partition coefficient (Wildman–Crippen LogP) is 3.78. The molecule has 1 rings (SSSR count). The largest absolute Gasteiger partial charge is 0.416 e. The van der Waals surface area contributed by atoms with Gasteiger partial charge in [-0.25, -0.2) is 0 Å². The molecule has 0 aliphatic rings. The third-order valence-corrected chi connectivity index (χ3v) is 2.11. The molecule has 0 bridgehead atoms. The molecule has 0 N–H and O–H groups in total. The van der Waals surface area contributed by atoms with Crippen LogP contribution in [0, 0.1) is 19.9 Å². The number of hydrogen-bond acceptors (Lipinski definition) is 0. The SMILES string of the molecule is Cc1[c]c(C)c(C(F)(F)F)cc1Cl. The molecule has 0 fully saturated rings. The zero-order chi connectivity index (χ0) is 10.2. The molecule has 0 nitrogen and oxygen atoms in total. The summed E-state index contributed by atoms with van der Waals surface area (Å²) in [5, 5.41) is 0.0953. The number of benzene rings is 1. The van der Waals surface area contributed by atoms with Crippen LogP contribution in [0.3, 0.4) is 0 Å². The van der Waals surface area contributed by atoms with Crippen LogP contribution in [0.2, 0.25) is 5.02 Å². The molecule has 0 saturated carbocycles. The van der Waals surface area contributed by atoms with Crippen LogP contribution in [-0.2, 0) is 6.18 Å². The van der Waals surface area contributed by atoms with Crippen LogP contribution in [0.25, 0.3) is 0 Å². The van der Waals surface area contributed by atoms with Gasteiger partial charge in [-0.3, -0.25) is 0 Å². The van der Waals surface area contributed by atoms with Crippen molar-refractivity contribution in [3.63, 3.8) is 0 Å². The maximum absolute atomic E-state index is 12.3. The summed E-state index contributed by atoms with van der Waals surface area (Å²) in [6.07, 6.45) is -4.35. The van der Waals surface area contributed by atoms with Crippen LogP contribution in [0.1, 0.15) is 16.7 Å². The van der Waals surface area contributed by atoms with Crippen LogP contribution in [0.15, 0.2) is 6.07 Å². The maximum atomic E-state index is 12.3. The first kappa shape index (κ1) is 10.4. The predicted molar refractivity (Wildman–Crippen MR) is 44.8 cm³/mol. The Hall–Kier alpha value is -0.700. The van der Waals surface area contributed by atoms with Crippen molar-refractivity contribution < 1.29 is 13.2 Å². The van der Waals surface area contributed by atoms with Crippen molar-refractivity contribution in [2.75, 3.05) is 0 Å². The van der Waals surface area contributed by atoms with Gasteiger partial charge in [0.15, 0.2) is 0 Å². The zero-order valence-electron chi connectivity index (χ0n) is 7.09. The molecular weight excluding hydrogens is 201 g/mol. The van der Waals surface area contributed by atoms with Gasteiger partial charge in [0.25, 0.3) is 0 Å². The molecule has 0 heterocycles. The Balaban J connectivity index is 3.32. The topological polar surface area (TPSA) is 0 Å². The summed E-state index contributed by atoms with van der Waals surface area (Å²) in [6.45, 7) is 2.99. The number of rotatable bonds is 0. The summed E-state index contributed by atoms with van der Waals surface area (Å²) >= 11 is 5.56. The summed E-state index contributed by atoms with van der Waals surface area (Å²) in [7, 11) is 0. The molecule has 0 unspecified atom stereocenters. The van der Waals surface area contributed by atoms with Gasteiger partial charge in [-0.2, -0.15) is 13.2 Å². The molecule has 71 valence electrons. The molecule has 1 aromatic carbocycles. The first-order valence-corrected chi connectivity index (χ1v) is 3.96. The van der Waals surface area contributed by atoms with Crippen molar-refractivity contribution in [1.29, 1.82) is 0 Å². The van der Waals surface area contributed by atoms with Crippen LogP contribution >= 0.6 is 11.6 Å². The molecule has 0 aliphatic heterocycles. The van der Waals surface area contributed by atoms with Crippen molar-refractivity contribution in [1.82, 2.24) is 0 Å². The lowest BCUT2D eigenvalue weighted by Crippen LogP contribution is -2.07. The number of halogens is 4. The summed E-state index contributed by atoms with van der Waals surface area (Å²) in [5.41, 5.74) is -0.107. The van der Waals surface area contributed by atoms with E-state index in [0.29, 0.717) is 5.56 Å². The highest BCUT2D eigenvalue weighted by molar-refractivity contribution is 6.31. The third-order valence-electron chi connectivity index (χ3n) is 1.71. The molecule has 0 saturated heterocycles. The molecule has 0 spiro atoms. The number of aryl methyl sites for hydroxylation is 2. The second-order valence-corrected chi connectivity index (χ2v) is 3.19. The lowest BCUT2D eigenvalue weighted by atomic mass is 10.1. The van der Waals surface area contributed by atoms with Gasteiger partial charge in [0.1, 0.15) is 0 Å². The highest BCUT2D eigenvalue weighted by atomic mass is 35.5. The van der Waals surface area contributed by atoms with Crippen LogP contribution in [0.4, 0.5) is 13.2 Å². The Bertz CT molecular complexity index is 328. The zero-order valence-corrected chi connectivity index (χ0v) is 7.85. The standard InChI is InChI=1S/C9H7ClF3/c1-5-3-6(2)8(10)4-7(5)9(11,12)13/h4H,1-2H3. The van der Waals surface area contributed by atoms with E-state index in [1.807, 2.05) is 0 Å². The van der Waals surface area contributed by atoms with Gasteiger partial charge in [0.05, 0.1) is 5.56 Å². The highest BCUT2D eigenvalue weighted by Crippen LogP contribution is 2.34. The molecule has 1 aromatic rings. The summed E-state index contributed by atoms with van der Waals surface area (Å²) in [4.78, 5) is 0. The fraction of sp³-hybridized carbons (Fsp3) is 0.333. The van der Waals surface area contributed by atoms with E-state index in [0.717, 1.165) is 6.07 Å². The Kier molecular flexibility index (Phi) is 2.57. The minimum absolute atomic E-state index is 0.0781. The van der Waals surface area contributed by atoms with Crippen LogP contribution < -0.4 is 0 Å². The minimum Gasteiger partial charge on any atom is -0.166 e. The van der Waals surface area contributed by atoms with E-state index in [1.54, 1.807) is 6.92 Å². The van der Waals surface area contributed by atoms with Gasteiger partial charge in [-0.15, -0.1) is 0 Å². The van der Waals surface area contributed by atoms with Crippen molar-refractivity contribution in [2.45, 2.75) is 20.0 Å². The van der Waals surface area contributed by atoms with E-state index in [-0.39, 0.29) is 10.6 Å². The van der Waals surface area contributed by atoms with E-state index < -0.39 is 11.7 Å². The molecule has 13 heavy (non-hydrogen) atoms. The molecule has 0 amide bonds. The monoisotopic (exact) mass is 207 g/mol. The Morgan fingerprint density at radius 1 is 1.23 bits per heavy atom. The molecule has 0 aromatic heterocycles. The average molecular weight is 208 g/mol. The maximum Gasteiger partial charge on any atom is 0.416 e. The van der Waals surface area contributed by atoms with Crippen molar-refractivity contribution in [2.24, 2.45) is 0 Å². The Labute approximate surface area is 79.3 Å². The highest BCUT2D eigenvalue weighted by Gasteiger charge is 2.32. The van der Waals surface area contributed by atoms with Crippen molar-refractivity contribution in [3.8, 4) is 0 Å². The van der Waals surface area contributed by atoms with Crippen LogP contribution in [0.5, 0.6) is 0 Å². The van der Waals surface area contributed by atoms with Gasteiger partial charge in [-0.1, -0.05) is 11.6 Å². The van der Waals surface area contributed by atoms with Gasteiger partial charge in [-0.05, 0) is 37.1 Å². The van der Waals surface area contributed by atoms with E-state index in [4.69, 9.17) is 11.6 Å². The smallest absolute Gasteiger partial charge is 0.166 e. The third kappa shape index (κ3) is 2.15. The van der Waals surface area contributed by atoms with Crippen molar-refractivity contribution in [3.05, 3.63) is 33.8 Å². The van der Waals surface area contributed by atoms with Gasteiger partial charge in [0.2, 0.25) is 0 Å². The molecule has 0 aliphatic carbocycles. The second kappa shape index (κ2) is 3.22. The molecule has 4 heteroatoms. The average Bonchev–Trinajstić information content (AvgIpc) is 1.94. The molecule has 1 radical (unpaired) electrons.